The molecule has 0 aliphatic carbocycles. The maximum atomic E-state index is 11.7. The Morgan fingerprint density at radius 2 is 2.22 bits per heavy atom. The van der Waals surface area contributed by atoms with Crippen LogP contribution in [-0.4, -0.2) is 10.9 Å². The van der Waals surface area contributed by atoms with Gasteiger partial charge in [0.25, 0.3) is 0 Å². The number of aromatic nitrogens is 1. The summed E-state index contributed by atoms with van der Waals surface area (Å²) in [6.07, 6.45) is 1.84. The lowest BCUT2D eigenvalue weighted by molar-refractivity contribution is -0.120. The molecule has 0 bridgehead atoms. The minimum absolute atomic E-state index is 0.0293. The predicted octanol–water partition coefficient (Wildman–Crippen LogP) is 1.89. The van der Waals surface area contributed by atoms with E-state index >= 15 is 0 Å². The minimum atomic E-state index is -0.0293. The van der Waals surface area contributed by atoms with Gasteiger partial charge in [-0.1, -0.05) is 0 Å². The maximum Gasteiger partial charge on any atom is 0.226 e. The predicted molar refractivity (Wildman–Crippen MR) is 73.3 cm³/mol. The Labute approximate surface area is 110 Å². The van der Waals surface area contributed by atoms with E-state index in [-0.39, 0.29) is 12.3 Å². The summed E-state index contributed by atoms with van der Waals surface area (Å²) in [7, 11) is 0. The van der Waals surface area contributed by atoms with Crippen LogP contribution >= 0.6 is 11.3 Å². The first kappa shape index (κ1) is 12.6. The highest BCUT2D eigenvalue weighted by Crippen LogP contribution is 2.14. The summed E-state index contributed by atoms with van der Waals surface area (Å²) in [5, 5.41) is 2.88. The number of hydrogen-bond acceptors (Lipinski definition) is 4. The third-order valence-corrected chi connectivity index (χ3v) is 3.45. The first-order chi connectivity index (χ1) is 8.63. The van der Waals surface area contributed by atoms with Gasteiger partial charge in [0.05, 0.1) is 24.8 Å². The van der Waals surface area contributed by atoms with Crippen LogP contribution in [0.15, 0.2) is 30.5 Å². The zero-order valence-corrected chi connectivity index (χ0v) is 11.0. The SMILES string of the molecule is Cc1ccc(CNC(=O)Cc2ccc(N)cn2)s1. The number of anilines is 1. The van der Waals surface area contributed by atoms with Gasteiger partial charge in [-0.3, -0.25) is 9.78 Å². The van der Waals surface area contributed by atoms with Gasteiger partial charge in [-0.25, -0.2) is 0 Å². The lowest BCUT2D eigenvalue weighted by atomic mass is 10.2. The molecule has 1 amide bonds. The highest BCUT2D eigenvalue weighted by Gasteiger charge is 2.05. The molecule has 5 heteroatoms. The maximum absolute atomic E-state index is 11.7. The zero-order valence-electron chi connectivity index (χ0n) is 10.1. The molecule has 0 aliphatic heterocycles. The van der Waals surface area contributed by atoms with Gasteiger partial charge in [-0.15, -0.1) is 11.3 Å². The van der Waals surface area contributed by atoms with Crippen molar-refractivity contribution in [1.29, 1.82) is 0 Å². The van der Waals surface area contributed by atoms with Gasteiger partial charge in [-0.05, 0) is 31.2 Å². The minimum Gasteiger partial charge on any atom is -0.397 e. The summed E-state index contributed by atoms with van der Waals surface area (Å²) in [5.41, 5.74) is 6.86. The Hall–Kier alpha value is -1.88. The molecule has 0 fully saturated rings. The average Bonchev–Trinajstić information content (AvgIpc) is 2.76. The second kappa shape index (κ2) is 5.64. The molecule has 18 heavy (non-hydrogen) atoms. The second-order valence-electron chi connectivity index (χ2n) is 4.05. The summed E-state index contributed by atoms with van der Waals surface area (Å²) in [4.78, 5) is 18.2. The van der Waals surface area contributed by atoms with Crippen LogP contribution < -0.4 is 11.1 Å². The molecule has 0 radical (unpaired) electrons. The number of amides is 1. The normalized spacial score (nSPS) is 10.3. The molecule has 2 rings (SSSR count). The van der Waals surface area contributed by atoms with Crippen LogP contribution in [-0.2, 0) is 17.8 Å². The van der Waals surface area contributed by atoms with E-state index in [9.17, 15) is 4.79 Å². The van der Waals surface area contributed by atoms with Gasteiger partial charge in [0.2, 0.25) is 5.91 Å². The first-order valence-electron chi connectivity index (χ1n) is 5.66. The van der Waals surface area contributed by atoms with Gasteiger partial charge < -0.3 is 11.1 Å². The summed E-state index contributed by atoms with van der Waals surface area (Å²) in [6, 6.07) is 7.60. The molecule has 2 heterocycles. The van der Waals surface area contributed by atoms with Crippen molar-refractivity contribution in [3.63, 3.8) is 0 Å². The van der Waals surface area contributed by atoms with Crippen LogP contribution in [0.25, 0.3) is 0 Å². The molecule has 0 spiro atoms. The topological polar surface area (TPSA) is 68.0 Å². The molecule has 0 saturated heterocycles. The number of nitrogens with zero attached hydrogens (tertiary/aromatic N) is 1. The third-order valence-electron chi connectivity index (χ3n) is 2.45. The molecule has 0 atom stereocenters. The smallest absolute Gasteiger partial charge is 0.226 e. The molecule has 0 aromatic carbocycles. The van der Waals surface area contributed by atoms with E-state index in [0.717, 1.165) is 10.6 Å². The van der Waals surface area contributed by atoms with E-state index in [4.69, 9.17) is 5.73 Å². The van der Waals surface area contributed by atoms with Crippen molar-refractivity contribution in [3.8, 4) is 0 Å². The fourth-order valence-corrected chi connectivity index (χ4v) is 2.36. The van der Waals surface area contributed by atoms with Crippen LogP contribution in [0.1, 0.15) is 15.4 Å². The van der Waals surface area contributed by atoms with E-state index in [1.54, 1.807) is 29.7 Å². The summed E-state index contributed by atoms with van der Waals surface area (Å²) >= 11 is 1.69. The largest absolute Gasteiger partial charge is 0.397 e. The standard InChI is InChI=1S/C13H15N3OS/c1-9-2-5-12(18-9)8-16-13(17)6-11-4-3-10(14)7-15-11/h2-5,7H,6,8,14H2,1H3,(H,16,17). The molecular weight excluding hydrogens is 246 g/mol. The Kier molecular flexibility index (Phi) is 3.94. The summed E-state index contributed by atoms with van der Waals surface area (Å²) < 4.78 is 0. The Morgan fingerprint density at radius 3 is 2.83 bits per heavy atom. The van der Waals surface area contributed by atoms with E-state index in [1.807, 2.05) is 19.1 Å². The van der Waals surface area contributed by atoms with Crippen LogP contribution in [0.4, 0.5) is 5.69 Å². The zero-order chi connectivity index (χ0) is 13.0. The van der Waals surface area contributed by atoms with Gasteiger partial charge in [0.15, 0.2) is 0 Å². The Morgan fingerprint density at radius 1 is 1.39 bits per heavy atom. The van der Waals surface area contributed by atoms with Crippen molar-refractivity contribution in [2.75, 3.05) is 5.73 Å². The number of hydrogen-bond donors (Lipinski definition) is 2. The number of nitrogens with one attached hydrogen (secondary N) is 1. The van der Waals surface area contributed by atoms with Crippen molar-refractivity contribution in [3.05, 3.63) is 45.9 Å². The number of rotatable bonds is 4. The quantitative estimate of drug-likeness (QED) is 0.883. The fourth-order valence-electron chi connectivity index (χ4n) is 1.53. The highest BCUT2D eigenvalue weighted by molar-refractivity contribution is 7.11. The average molecular weight is 261 g/mol. The van der Waals surface area contributed by atoms with E-state index in [2.05, 4.69) is 10.3 Å². The van der Waals surface area contributed by atoms with Gasteiger partial charge in [0.1, 0.15) is 0 Å². The molecule has 2 aromatic rings. The number of nitrogens with two attached hydrogens (primary N) is 1. The van der Waals surface area contributed by atoms with Crippen LogP contribution in [0.3, 0.4) is 0 Å². The third kappa shape index (κ3) is 3.56. The lowest BCUT2D eigenvalue weighted by Gasteiger charge is -2.03. The number of aryl methyl sites for hydroxylation is 1. The first-order valence-corrected chi connectivity index (χ1v) is 6.47. The van der Waals surface area contributed by atoms with Crippen LogP contribution in [0.2, 0.25) is 0 Å². The summed E-state index contributed by atoms with van der Waals surface area (Å²) in [5.74, 6) is -0.0293. The lowest BCUT2D eigenvalue weighted by Crippen LogP contribution is -2.24. The van der Waals surface area contributed by atoms with Crippen LogP contribution in [0, 0.1) is 6.92 Å². The molecule has 4 nitrogen and oxygen atoms in total. The molecule has 0 aliphatic rings. The van der Waals surface area contributed by atoms with Crippen molar-refractivity contribution in [2.45, 2.75) is 19.9 Å². The number of carbonyl (C=O) groups excluding carboxylic acids is 1. The molecule has 94 valence electrons. The van der Waals surface area contributed by atoms with Crippen LogP contribution in [0.5, 0.6) is 0 Å². The van der Waals surface area contributed by atoms with E-state index < -0.39 is 0 Å². The number of carbonyl (C=O) groups is 1. The monoisotopic (exact) mass is 261 g/mol. The molecule has 2 aromatic heterocycles. The molecule has 3 N–H and O–H groups in total. The number of pyridine rings is 1. The Bertz CT molecular complexity index is 533. The molecular formula is C13H15N3OS. The van der Waals surface area contributed by atoms with Gasteiger partial charge in [-0.2, -0.15) is 0 Å². The number of nitrogen functional groups attached to an aromatic ring is 1. The van der Waals surface area contributed by atoms with E-state index in [0.29, 0.717) is 12.2 Å². The molecule has 0 unspecified atom stereocenters. The van der Waals surface area contributed by atoms with Crippen molar-refractivity contribution < 1.29 is 4.79 Å². The van der Waals surface area contributed by atoms with Gasteiger partial charge >= 0.3 is 0 Å². The van der Waals surface area contributed by atoms with Crippen molar-refractivity contribution >= 4 is 22.9 Å². The van der Waals surface area contributed by atoms with Gasteiger partial charge in [0, 0.05) is 15.4 Å². The highest BCUT2D eigenvalue weighted by atomic mass is 32.1. The molecule has 0 saturated carbocycles. The second-order valence-corrected chi connectivity index (χ2v) is 5.42. The summed E-state index contributed by atoms with van der Waals surface area (Å²) in [6.45, 7) is 2.63. The van der Waals surface area contributed by atoms with Crippen molar-refractivity contribution in [1.82, 2.24) is 10.3 Å². The number of thiophene rings is 1. The fraction of sp³-hybridized carbons (Fsp3) is 0.231. The Balaban J connectivity index is 1.83. The van der Waals surface area contributed by atoms with E-state index in [1.165, 1.54) is 4.88 Å². The van der Waals surface area contributed by atoms with Crippen molar-refractivity contribution in [2.24, 2.45) is 0 Å².